The van der Waals surface area contributed by atoms with Crippen molar-refractivity contribution in [3.8, 4) is 0 Å². The highest BCUT2D eigenvalue weighted by Gasteiger charge is 2.23. The first kappa shape index (κ1) is 14.2. The van der Waals surface area contributed by atoms with Gasteiger partial charge in [-0.1, -0.05) is 11.6 Å². The fourth-order valence-corrected chi connectivity index (χ4v) is 2.47. The highest BCUT2D eigenvalue weighted by Crippen LogP contribution is 2.22. The van der Waals surface area contributed by atoms with Crippen molar-refractivity contribution in [2.45, 2.75) is 13.3 Å². The van der Waals surface area contributed by atoms with E-state index in [0.29, 0.717) is 35.3 Å². The van der Waals surface area contributed by atoms with Gasteiger partial charge in [0, 0.05) is 31.3 Å². The summed E-state index contributed by atoms with van der Waals surface area (Å²) in [6, 6.07) is 5.00. The number of amides is 1. The Bertz CT molecular complexity index is 459. The van der Waals surface area contributed by atoms with Gasteiger partial charge in [-0.2, -0.15) is 0 Å². The lowest BCUT2D eigenvalue weighted by Gasteiger charge is -2.24. The van der Waals surface area contributed by atoms with Crippen LogP contribution >= 0.6 is 11.6 Å². The number of nitrogens with zero attached hydrogens (tertiary/aromatic N) is 1. The molecule has 0 spiro atoms. The Labute approximate surface area is 118 Å². The Kier molecular flexibility index (Phi) is 4.66. The maximum Gasteiger partial charge on any atom is 0.255 e. The number of carbonyl (C=O) groups is 1. The van der Waals surface area contributed by atoms with E-state index in [1.165, 1.54) is 0 Å². The Balaban J connectivity index is 2.12. The lowest BCUT2D eigenvalue weighted by atomic mass is 10.1. The van der Waals surface area contributed by atoms with E-state index < -0.39 is 0 Å². The molecule has 1 amide bonds. The molecular weight excluding hydrogens is 264 g/mol. The summed E-state index contributed by atoms with van der Waals surface area (Å²) >= 11 is 6.08. The summed E-state index contributed by atoms with van der Waals surface area (Å²) in [6.45, 7) is 4.85. The van der Waals surface area contributed by atoms with Crippen LogP contribution in [0.4, 0.5) is 5.69 Å². The predicted molar refractivity (Wildman–Crippen MR) is 76.4 cm³/mol. The number of hydrogen-bond acceptors (Lipinski definition) is 3. The second-order valence-corrected chi connectivity index (χ2v) is 5.22. The molecule has 2 N–H and O–H groups in total. The molecule has 1 atom stereocenters. The Morgan fingerprint density at radius 1 is 1.58 bits per heavy atom. The molecule has 104 valence electrons. The molecule has 1 unspecified atom stereocenters. The smallest absolute Gasteiger partial charge is 0.255 e. The number of carbonyl (C=O) groups excluding carboxylic acids is 1. The van der Waals surface area contributed by atoms with Crippen LogP contribution in [0.5, 0.6) is 0 Å². The zero-order valence-corrected chi connectivity index (χ0v) is 11.8. The number of nitrogens with two attached hydrogens (primary N) is 1. The SMILES string of the molecule is CCN(CC1CCOC1)C(=O)c1cc(N)ccc1Cl. The summed E-state index contributed by atoms with van der Waals surface area (Å²) in [5.41, 5.74) is 6.74. The fraction of sp³-hybridized carbons (Fsp3) is 0.500. The highest BCUT2D eigenvalue weighted by molar-refractivity contribution is 6.34. The molecule has 1 fully saturated rings. The number of benzene rings is 1. The van der Waals surface area contributed by atoms with Gasteiger partial charge in [-0.15, -0.1) is 0 Å². The molecule has 1 heterocycles. The molecule has 1 aromatic rings. The van der Waals surface area contributed by atoms with E-state index >= 15 is 0 Å². The van der Waals surface area contributed by atoms with Gasteiger partial charge in [0.25, 0.3) is 5.91 Å². The molecule has 2 rings (SSSR count). The van der Waals surface area contributed by atoms with Crippen LogP contribution in [-0.2, 0) is 4.74 Å². The van der Waals surface area contributed by atoms with Crippen LogP contribution in [0.3, 0.4) is 0 Å². The standard InChI is InChI=1S/C14H19ClN2O2/c1-2-17(8-10-5-6-19-9-10)14(18)12-7-11(16)3-4-13(12)15/h3-4,7,10H,2,5-6,8-9,16H2,1H3. The van der Waals surface area contributed by atoms with Gasteiger partial charge in [-0.25, -0.2) is 0 Å². The minimum absolute atomic E-state index is 0.0632. The first-order valence-electron chi connectivity index (χ1n) is 6.54. The molecule has 0 saturated carbocycles. The normalized spacial score (nSPS) is 18.5. The van der Waals surface area contributed by atoms with Gasteiger partial charge in [-0.3, -0.25) is 4.79 Å². The third-order valence-electron chi connectivity index (χ3n) is 3.39. The second-order valence-electron chi connectivity index (χ2n) is 4.81. The molecule has 0 aliphatic carbocycles. The van der Waals surface area contributed by atoms with Gasteiger partial charge in [0.1, 0.15) is 0 Å². The summed E-state index contributed by atoms with van der Waals surface area (Å²) in [7, 11) is 0. The van der Waals surface area contributed by atoms with E-state index in [1.807, 2.05) is 6.92 Å². The van der Waals surface area contributed by atoms with E-state index in [4.69, 9.17) is 22.1 Å². The molecule has 1 aliphatic heterocycles. The molecule has 19 heavy (non-hydrogen) atoms. The minimum atomic E-state index is -0.0632. The van der Waals surface area contributed by atoms with E-state index in [2.05, 4.69) is 0 Å². The summed E-state index contributed by atoms with van der Waals surface area (Å²) in [5.74, 6) is 0.357. The monoisotopic (exact) mass is 282 g/mol. The van der Waals surface area contributed by atoms with E-state index in [-0.39, 0.29) is 5.91 Å². The van der Waals surface area contributed by atoms with Gasteiger partial charge in [-0.05, 0) is 31.5 Å². The quantitative estimate of drug-likeness (QED) is 0.863. The Morgan fingerprint density at radius 2 is 2.37 bits per heavy atom. The summed E-state index contributed by atoms with van der Waals surface area (Å²) in [6.07, 6.45) is 1.01. The predicted octanol–water partition coefficient (Wildman–Crippen LogP) is 2.42. The summed E-state index contributed by atoms with van der Waals surface area (Å²) in [4.78, 5) is 14.3. The zero-order valence-electron chi connectivity index (χ0n) is 11.1. The van der Waals surface area contributed by atoms with Gasteiger partial charge in [0.15, 0.2) is 0 Å². The number of ether oxygens (including phenoxy) is 1. The highest BCUT2D eigenvalue weighted by atomic mass is 35.5. The largest absolute Gasteiger partial charge is 0.399 e. The molecule has 1 aliphatic rings. The number of halogens is 1. The number of hydrogen-bond donors (Lipinski definition) is 1. The summed E-state index contributed by atoms with van der Waals surface area (Å²) in [5, 5.41) is 0.445. The van der Waals surface area contributed by atoms with Crippen LogP contribution < -0.4 is 5.73 Å². The van der Waals surface area contributed by atoms with Gasteiger partial charge in [0.05, 0.1) is 17.2 Å². The molecule has 5 heteroatoms. The molecule has 0 radical (unpaired) electrons. The first-order chi connectivity index (χ1) is 9.11. The van der Waals surface area contributed by atoms with Crippen LogP contribution in [-0.4, -0.2) is 37.1 Å². The van der Waals surface area contributed by atoms with Gasteiger partial charge < -0.3 is 15.4 Å². The first-order valence-corrected chi connectivity index (χ1v) is 6.91. The summed E-state index contributed by atoms with van der Waals surface area (Å²) < 4.78 is 5.35. The number of nitrogen functional groups attached to an aromatic ring is 1. The minimum Gasteiger partial charge on any atom is -0.399 e. The number of rotatable bonds is 4. The van der Waals surface area contributed by atoms with E-state index in [0.717, 1.165) is 19.6 Å². The van der Waals surface area contributed by atoms with Crippen molar-refractivity contribution >= 4 is 23.2 Å². The average Bonchev–Trinajstić information content (AvgIpc) is 2.91. The van der Waals surface area contributed by atoms with Crippen molar-refractivity contribution in [2.24, 2.45) is 5.92 Å². The van der Waals surface area contributed by atoms with Crippen LogP contribution in [0, 0.1) is 5.92 Å². The van der Waals surface area contributed by atoms with Crippen LogP contribution in [0.2, 0.25) is 5.02 Å². The van der Waals surface area contributed by atoms with Crippen molar-refractivity contribution in [3.63, 3.8) is 0 Å². The van der Waals surface area contributed by atoms with Crippen molar-refractivity contribution < 1.29 is 9.53 Å². The topological polar surface area (TPSA) is 55.6 Å². The van der Waals surface area contributed by atoms with Gasteiger partial charge >= 0.3 is 0 Å². The lowest BCUT2D eigenvalue weighted by Crippen LogP contribution is -2.35. The van der Waals surface area contributed by atoms with Gasteiger partial charge in [0.2, 0.25) is 0 Å². The van der Waals surface area contributed by atoms with Crippen LogP contribution in [0.25, 0.3) is 0 Å². The molecule has 1 saturated heterocycles. The van der Waals surface area contributed by atoms with Crippen molar-refractivity contribution in [1.29, 1.82) is 0 Å². The second kappa shape index (κ2) is 6.26. The molecule has 4 nitrogen and oxygen atoms in total. The van der Waals surface area contributed by atoms with Crippen molar-refractivity contribution in [1.82, 2.24) is 4.90 Å². The fourth-order valence-electron chi connectivity index (χ4n) is 2.27. The maximum absolute atomic E-state index is 12.5. The third kappa shape index (κ3) is 3.39. The van der Waals surface area contributed by atoms with Crippen molar-refractivity contribution in [3.05, 3.63) is 28.8 Å². The maximum atomic E-state index is 12.5. The molecular formula is C14H19ClN2O2. The van der Waals surface area contributed by atoms with Crippen molar-refractivity contribution in [2.75, 3.05) is 32.0 Å². The average molecular weight is 283 g/mol. The van der Waals surface area contributed by atoms with Crippen LogP contribution in [0.15, 0.2) is 18.2 Å². The Morgan fingerprint density at radius 3 is 3.00 bits per heavy atom. The molecule has 0 aromatic heterocycles. The van der Waals surface area contributed by atoms with Crippen LogP contribution in [0.1, 0.15) is 23.7 Å². The Hall–Kier alpha value is -1.26. The lowest BCUT2D eigenvalue weighted by molar-refractivity contribution is 0.0731. The van der Waals surface area contributed by atoms with E-state index in [9.17, 15) is 4.79 Å². The number of anilines is 1. The molecule has 0 bridgehead atoms. The van der Waals surface area contributed by atoms with E-state index in [1.54, 1.807) is 23.1 Å². The third-order valence-corrected chi connectivity index (χ3v) is 3.72. The zero-order chi connectivity index (χ0) is 13.8. The molecule has 1 aromatic carbocycles.